The van der Waals surface area contributed by atoms with Crippen molar-refractivity contribution in [3.63, 3.8) is 0 Å². The number of halogens is 2. The fourth-order valence-electron chi connectivity index (χ4n) is 4.13. The smallest absolute Gasteiger partial charge is 0.119 e. The number of aryl methyl sites for hydroxylation is 1. The molecule has 2 aliphatic heterocycles. The average Bonchev–Trinajstić information content (AvgIpc) is 2.89. The minimum atomic E-state index is 0. The van der Waals surface area contributed by atoms with Crippen molar-refractivity contribution in [2.24, 2.45) is 5.92 Å². The molecule has 0 radical (unpaired) electrons. The number of nitrogens with one attached hydrogen (secondary N) is 1. The summed E-state index contributed by atoms with van der Waals surface area (Å²) in [5.74, 6) is 1.76. The van der Waals surface area contributed by atoms with Crippen LogP contribution in [-0.4, -0.2) is 31.1 Å². The van der Waals surface area contributed by atoms with E-state index in [-0.39, 0.29) is 24.8 Å². The largest absolute Gasteiger partial charge is 0.493 e. The molecule has 154 valence electrons. The van der Waals surface area contributed by atoms with Crippen molar-refractivity contribution in [1.29, 1.82) is 0 Å². The van der Waals surface area contributed by atoms with Crippen molar-refractivity contribution in [3.8, 4) is 5.75 Å². The van der Waals surface area contributed by atoms with Crippen LogP contribution in [0.25, 0.3) is 0 Å². The van der Waals surface area contributed by atoms with E-state index >= 15 is 0 Å². The van der Waals surface area contributed by atoms with E-state index in [4.69, 9.17) is 4.74 Å². The molecule has 0 amide bonds. The third kappa shape index (κ3) is 6.38. The standard InChI is InChI=1S/C23H30N2O.2ClH/c1-2-5-19(6-3-1)16-25-14-4-7-21-15-23(9-8-22(21)17-25)26-18-20-10-12-24-13-11-20;;/h1-3,5-6,8-9,15,20,24H,4,7,10-14,16-18H2;2*1H. The van der Waals surface area contributed by atoms with Crippen molar-refractivity contribution >= 4 is 24.8 Å². The Hall–Kier alpha value is -1.26. The zero-order valence-corrected chi connectivity index (χ0v) is 18.1. The summed E-state index contributed by atoms with van der Waals surface area (Å²) >= 11 is 0. The Balaban J connectivity index is 0.00000140. The van der Waals surface area contributed by atoms with Gasteiger partial charge in [-0.15, -0.1) is 24.8 Å². The van der Waals surface area contributed by atoms with Crippen molar-refractivity contribution in [2.45, 2.75) is 38.8 Å². The summed E-state index contributed by atoms with van der Waals surface area (Å²) in [4.78, 5) is 2.57. The van der Waals surface area contributed by atoms with Crippen LogP contribution in [0.4, 0.5) is 0 Å². The van der Waals surface area contributed by atoms with Crippen molar-refractivity contribution in [3.05, 3.63) is 65.2 Å². The van der Waals surface area contributed by atoms with Gasteiger partial charge < -0.3 is 10.1 Å². The van der Waals surface area contributed by atoms with Gasteiger partial charge in [-0.25, -0.2) is 0 Å². The lowest BCUT2D eigenvalue weighted by Crippen LogP contribution is -2.30. The quantitative estimate of drug-likeness (QED) is 0.744. The highest BCUT2D eigenvalue weighted by molar-refractivity contribution is 5.85. The van der Waals surface area contributed by atoms with E-state index in [9.17, 15) is 0 Å². The van der Waals surface area contributed by atoms with Crippen LogP contribution in [-0.2, 0) is 19.5 Å². The topological polar surface area (TPSA) is 24.5 Å². The first-order valence-electron chi connectivity index (χ1n) is 10.1. The van der Waals surface area contributed by atoms with E-state index in [1.165, 1.54) is 36.0 Å². The minimum Gasteiger partial charge on any atom is -0.493 e. The molecular formula is C23H32Cl2N2O. The Morgan fingerprint density at radius 2 is 1.75 bits per heavy atom. The van der Waals surface area contributed by atoms with Gasteiger partial charge >= 0.3 is 0 Å². The number of benzene rings is 2. The predicted molar refractivity (Wildman–Crippen MR) is 121 cm³/mol. The molecule has 0 aliphatic carbocycles. The first kappa shape index (κ1) is 23.0. The zero-order valence-electron chi connectivity index (χ0n) is 16.4. The zero-order chi connectivity index (χ0) is 17.6. The van der Waals surface area contributed by atoms with Gasteiger partial charge in [0.1, 0.15) is 5.75 Å². The van der Waals surface area contributed by atoms with Crippen LogP contribution in [0.15, 0.2) is 48.5 Å². The fourth-order valence-corrected chi connectivity index (χ4v) is 4.13. The number of nitrogens with zero attached hydrogens (tertiary/aromatic N) is 1. The predicted octanol–water partition coefficient (Wildman–Crippen LogP) is 4.86. The molecule has 0 atom stereocenters. The number of piperidine rings is 1. The van der Waals surface area contributed by atoms with Crippen LogP contribution in [0.3, 0.4) is 0 Å². The molecule has 0 aromatic heterocycles. The van der Waals surface area contributed by atoms with Gasteiger partial charge in [-0.3, -0.25) is 4.90 Å². The summed E-state index contributed by atoms with van der Waals surface area (Å²) in [5.41, 5.74) is 4.34. The second-order valence-corrected chi connectivity index (χ2v) is 7.73. The lowest BCUT2D eigenvalue weighted by Gasteiger charge is -2.23. The minimum absolute atomic E-state index is 0. The molecule has 0 spiro atoms. The maximum absolute atomic E-state index is 6.13. The molecule has 4 rings (SSSR count). The molecule has 0 unspecified atom stereocenters. The Morgan fingerprint density at radius 3 is 2.54 bits per heavy atom. The van der Waals surface area contributed by atoms with Gasteiger partial charge in [-0.05, 0) is 80.1 Å². The summed E-state index contributed by atoms with van der Waals surface area (Å²) in [5, 5.41) is 3.42. The third-order valence-corrected chi connectivity index (χ3v) is 5.69. The van der Waals surface area contributed by atoms with Crippen molar-refractivity contribution in [1.82, 2.24) is 10.2 Å². The van der Waals surface area contributed by atoms with Crippen LogP contribution in [0.2, 0.25) is 0 Å². The summed E-state index contributed by atoms with van der Waals surface area (Å²) in [6.45, 7) is 6.37. The second-order valence-electron chi connectivity index (χ2n) is 7.73. The summed E-state index contributed by atoms with van der Waals surface area (Å²) in [6.07, 6.45) is 4.85. The number of fused-ring (bicyclic) bond motifs is 1. The monoisotopic (exact) mass is 422 g/mol. The third-order valence-electron chi connectivity index (χ3n) is 5.69. The summed E-state index contributed by atoms with van der Waals surface area (Å²) < 4.78 is 6.13. The second kappa shape index (κ2) is 11.7. The lowest BCUT2D eigenvalue weighted by atomic mass is 9.99. The van der Waals surface area contributed by atoms with Crippen LogP contribution in [0.5, 0.6) is 5.75 Å². The van der Waals surface area contributed by atoms with Gasteiger partial charge in [0.2, 0.25) is 0 Å². The highest BCUT2D eigenvalue weighted by Crippen LogP contribution is 2.25. The van der Waals surface area contributed by atoms with Gasteiger partial charge in [0, 0.05) is 13.1 Å². The molecule has 5 heteroatoms. The lowest BCUT2D eigenvalue weighted by molar-refractivity contribution is 0.215. The van der Waals surface area contributed by atoms with Crippen molar-refractivity contribution in [2.75, 3.05) is 26.2 Å². The fraction of sp³-hybridized carbons (Fsp3) is 0.478. The van der Waals surface area contributed by atoms with Gasteiger partial charge in [-0.2, -0.15) is 0 Å². The Labute approximate surface area is 181 Å². The number of hydrogen-bond donors (Lipinski definition) is 1. The van der Waals surface area contributed by atoms with Crippen LogP contribution in [0, 0.1) is 5.92 Å². The molecule has 28 heavy (non-hydrogen) atoms. The molecule has 2 aromatic rings. The Kier molecular flexibility index (Phi) is 9.60. The van der Waals surface area contributed by atoms with Crippen LogP contribution >= 0.6 is 24.8 Å². The van der Waals surface area contributed by atoms with E-state index in [0.29, 0.717) is 5.92 Å². The maximum Gasteiger partial charge on any atom is 0.119 e. The van der Waals surface area contributed by atoms with Gasteiger partial charge in [0.15, 0.2) is 0 Å². The molecule has 1 N–H and O–H groups in total. The summed E-state index contributed by atoms with van der Waals surface area (Å²) in [7, 11) is 0. The molecule has 0 bridgehead atoms. The first-order chi connectivity index (χ1) is 12.9. The molecule has 0 saturated carbocycles. The molecular weight excluding hydrogens is 391 g/mol. The van der Waals surface area contributed by atoms with Crippen LogP contribution in [0.1, 0.15) is 36.0 Å². The van der Waals surface area contributed by atoms with E-state index in [0.717, 1.165) is 51.5 Å². The van der Waals surface area contributed by atoms with E-state index in [2.05, 4.69) is 58.7 Å². The van der Waals surface area contributed by atoms with Gasteiger partial charge in [-0.1, -0.05) is 36.4 Å². The number of ether oxygens (including phenoxy) is 1. The Bertz CT molecular complexity index is 705. The van der Waals surface area contributed by atoms with E-state index < -0.39 is 0 Å². The van der Waals surface area contributed by atoms with Gasteiger partial charge in [0.05, 0.1) is 6.61 Å². The highest BCUT2D eigenvalue weighted by Gasteiger charge is 2.17. The SMILES string of the molecule is Cl.Cl.c1ccc(CN2CCCc3cc(OCC4CCNCC4)ccc3C2)cc1. The molecule has 2 heterocycles. The Morgan fingerprint density at radius 1 is 0.964 bits per heavy atom. The summed E-state index contributed by atoms with van der Waals surface area (Å²) in [6, 6.07) is 17.6. The molecule has 1 saturated heterocycles. The molecule has 2 aliphatic rings. The highest BCUT2D eigenvalue weighted by atomic mass is 35.5. The van der Waals surface area contributed by atoms with Gasteiger partial charge in [0.25, 0.3) is 0 Å². The normalized spacial score (nSPS) is 17.6. The molecule has 2 aromatic carbocycles. The number of hydrogen-bond acceptors (Lipinski definition) is 3. The molecule has 3 nitrogen and oxygen atoms in total. The van der Waals surface area contributed by atoms with E-state index in [1.807, 2.05) is 0 Å². The molecule has 1 fully saturated rings. The van der Waals surface area contributed by atoms with Crippen molar-refractivity contribution < 1.29 is 4.74 Å². The first-order valence-corrected chi connectivity index (χ1v) is 10.1. The average molecular weight is 423 g/mol. The number of rotatable bonds is 5. The maximum atomic E-state index is 6.13. The van der Waals surface area contributed by atoms with Crippen LogP contribution < -0.4 is 10.1 Å². The van der Waals surface area contributed by atoms with E-state index in [1.54, 1.807) is 0 Å².